The van der Waals surface area contributed by atoms with Crippen LogP contribution in [0.15, 0.2) is 16.6 Å². The zero-order valence-electron chi connectivity index (χ0n) is 9.22. The highest BCUT2D eigenvalue weighted by molar-refractivity contribution is 9.10. The standard InChI is InChI=1S/C12H15BrClNO/c1-16-11-6-10(14)8(5-9(11)13)12(7-15)3-2-4-12/h5-6H,2-4,7,15H2,1H3. The monoisotopic (exact) mass is 303 g/mol. The molecule has 1 saturated carbocycles. The smallest absolute Gasteiger partial charge is 0.134 e. The Morgan fingerprint density at radius 3 is 2.62 bits per heavy atom. The highest BCUT2D eigenvalue weighted by atomic mass is 79.9. The SMILES string of the molecule is COc1cc(Cl)c(C2(CN)CCC2)cc1Br. The summed E-state index contributed by atoms with van der Waals surface area (Å²) < 4.78 is 6.16. The molecule has 4 heteroatoms. The van der Waals surface area contributed by atoms with Crippen LogP contribution in [0.5, 0.6) is 5.75 Å². The maximum Gasteiger partial charge on any atom is 0.134 e. The first kappa shape index (κ1) is 12.2. The maximum absolute atomic E-state index is 6.30. The van der Waals surface area contributed by atoms with E-state index in [-0.39, 0.29) is 5.41 Å². The Kier molecular flexibility index (Phi) is 3.48. The normalized spacial score (nSPS) is 18.0. The quantitative estimate of drug-likeness (QED) is 0.927. The fraction of sp³-hybridized carbons (Fsp3) is 0.500. The third-order valence-electron chi connectivity index (χ3n) is 3.51. The van der Waals surface area contributed by atoms with E-state index < -0.39 is 0 Å². The average Bonchev–Trinajstić information content (AvgIpc) is 2.22. The van der Waals surface area contributed by atoms with Crippen LogP contribution in [0.4, 0.5) is 0 Å². The Balaban J connectivity index is 2.45. The van der Waals surface area contributed by atoms with Crippen molar-refractivity contribution in [3.8, 4) is 5.75 Å². The van der Waals surface area contributed by atoms with E-state index in [1.54, 1.807) is 7.11 Å². The molecular formula is C12H15BrClNO. The van der Waals surface area contributed by atoms with Crippen molar-refractivity contribution >= 4 is 27.5 Å². The number of nitrogens with two attached hydrogens (primary N) is 1. The number of hydrogen-bond donors (Lipinski definition) is 1. The predicted octanol–water partition coefficient (Wildman–Crippen LogP) is 3.49. The molecule has 1 aliphatic rings. The van der Waals surface area contributed by atoms with E-state index in [4.69, 9.17) is 22.1 Å². The Morgan fingerprint density at radius 2 is 2.19 bits per heavy atom. The minimum Gasteiger partial charge on any atom is -0.496 e. The van der Waals surface area contributed by atoms with E-state index in [1.165, 1.54) is 6.42 Å². The van der Waals surface area contributed by atoms with Crippen LogP contribution in [0, 0.1) is 0 Å². The first-order valence-corrected chi connectivity index (χ1v) is 6.53. The second-order valence-corrected chi connectivity index (χ2v) is 5.57. The fourth-order valence-electron chi connectivity index (χ4n) is 2.28. The van der Waals surface area contributed by atoms with E-state index >= 15 is 0 Å². The van der Waals surface area contributed by atoms with Gasteiger partial charge in [-0.3, -0.25) is 0 Å². The van der Waals surface area contributed by atoms with Gasteiger partial charge < -0.3 is 10.5 Å². The lowest BCUT2D eigenvalue weighted by molar-refractivity contribution is 0.253. The summed E-state index contributed by atoms with van der Waals surface area (Å²) >= 11 is 9.79. The molecule has 1 aromatic rings. The van der Waals surface area contributed by atoms with E-state index in [9.17, 15) is 0 Å². The molecule has 1 aliphatic carbocycles. The summed E-state index contributed by atoms with van der Waals surface area (Å²) in [5.41, 5.74) is 7.12. The number of halogens is 2. The maximum atomic E-state index is 6.30. The van der Waals surface area contributed by atoms with Crippen LogP contribution < -0.4 is 10.5 Å². The van der Waals surface area contributed by atoms with E-state index in [2.05, 4.69) is 15.9 Å². The van der Waals surface area contributed by atoms with Crippen molar-refractivity contribution in [3.63, 3.8) is 0 Å². The van der Waals surface area contributed by atoms with Crippen molar-refractivity contribution < 1.29 is 4.74 Å². The third-order valence-corrected chi connectivity index (χ3v) is 4.45. The van der Waals surface area contributed by atoms with Crippen molar-refractivity contribution in [1.82, 2.24) is 0 Å². The summed E-state index contributed by atoms with van der Waals surface area (Å²) in [5, 5.41) is 0.755. The summed E-state index contributed by atoms with van der Waals surface area (Å²) in [4.78, 5) is 0. The topological polar surface area (TPSA) is 35.2 Å². The van der Waals surface area contributed by atoms with Gasteiger partial charge in [-0.05, 0) is 40.4 Å². The minimum absolute atomic E-state index is 0.0892. The van der Waals surface area contributed by atoms with Crippen molar-refractivity contribution in [2.45, 2.75) is 24.7 Å². The molecule has 88 valence electrons. The zero-order chi connectivity index (χ0) is 11.8. The summed E-state index contributed by atoms with van der Waals surface area (Å²) in [6.45, 7) is 0.658. The summed E-state index contributed by atoms with van der Waals surface area (Å²) in [6.07, 6.45) is 3.49. The largest absolute Gasteiger partial charge is 0.496 e. The van der Waals surface area contributed by atoms with Gasteiger partial charge in [-0.25, -0.2) is 0 Å². The molecule has 0 unspecified atom stereocenters. The van der Waals surface area contributed by atoms with Gasteiger partial charge in [0.25, 0.3) is 0 Å². The van der Waals surface area contributed by atoms with E-state index in [0.717, 1.165) is 33.6 Å². The fourth-order valence-corrected chi connectivity index (χ4v) is 3.14. The van der Waals surface area contributed by atoms with Gasteiger partial charge in [-0.15, -0.1) is 0 Å². The van der Waals surface area contributed by atoms with Gasteiger partial charge in [-0.1, -0.05) is 18.0 Å². The van der Waals surface area contributed by atoms with Gasteiger partial charge in [-0.2, -0.15) is 0 Å². The van der Waals surface area contributed by atoms with Gasteiger partial charge in [0.1, 0.15) is 5.75 Å². The molecular weight excluding hydrogens is 289 g/mol. The minimum atomic E-state index is 0.0892. The van der Waals surface area contributed by atoms with Gasteiger partial charge in [0.2, 0.25) is 0 Å². The summed E-state index contributed by atoms with van der Waals surface area (Å²) in [7, 11) is 1.64. The highest BCUT2D eigenvalue weighted by Crippen LogP contribution is 2.47. The first-order chi connectivity index (χ1) is 7.63. The molecule has 1 fully saturated rings. The molecule has 0 heterocycles. The zero-order valence-corrected chi connectivity index (χ0v) is 11.6. The molecule has 2 rings (SSSR count). The molecule has 2 nitrogen and oxygen atoms in total. The van der Waals surface area contributed by atoms with Crippen molar-refractivity contribution in [3.05, 3.63) is 27.2 Å². The van der Waals surface area contributed by atoms with Gasteiger partial charge in [0.15, 0.2) is 0 Å². The Bertz CT molecular complexity index is 399. The van der Waals surface area contributed by atoms with Crippen LogP contribution in [-0.2, 0) is 5.41 Å². The molecule has 16 heavy (non-hydrogen) atoms. The number of hydrogen-bond acceptors (Lipinski definition) is 2. The molecule has 0 spiro atoms. The van der Waals surface area contributed by atoms with Gasteiger partial charge >= 0.3 is 0 Å². The lowest BCUT2D eigenvalue weighted by Crippen LogP contribution is -2.41. The van der Waals surface area contributed by atoms with Crippen LogP contribution in [0.3, 0.4) is 0 Å². The number of benzene rings is 1. The second kappa shape index (κ2) is 4.55. The lowest BCUT2D eigenvalue weighted by Gasteiger charge is -2.42. The third kappa shape index (κ3) is 1.85. The van der Waals surface area contributed by atoms with Crippen molar-refractivity contribution in [2.75, 3.05) is 13.7 Å². The van der Waals surface area contributed by atoms with Crippen LogP contribution in [-0.4, -0.2) is 13.7 Å². The van der Waals surface area contributed by atoms with Crippen molar-refractivity contribution in [2.24, 2.45) is 5.73 Å². The predicted molar refractivity (Wildman–Crippen MR) is 70.3 cm³/mol. The van der Waals surface area contributed by atoms with Crippen LogP contribution in [0.25, 0.3) is 0 Å². The van der Waals surface area contributed by atoms with Crippen LogP contribution in [0.1, 0.15) is 24.8 Å². The summed E-state index contributed by atoms with van der Waals surface area (Å²) in [6, 6.07) is 3.91. The number of methoxy groups -OCH3 is 1. The van der Waals surface area contributed by atoms with Gasteiger partial charge in [0.05, 0.1) is 11.6 Å². The second-order valence-electron chi connectivity index (χ2n) is 4.30. The molecule has 0 bridgehead atoms. The van der Waals surface area contributed by atoms with Crippen LogP contribution in [0.2, 0.25) is 5.02 Å². The number of ether oxygens (including phenoxy) is 1. The molecule has 0 amide bonds. The van der Waals surface area contributed by atoms with E-state index in [0.29, 0.717) is 6.54 Å². The molecule has 2 N–H and O–H groups in total. The molecule has 0 saturated heterocycles. The summed E-state index contributed by atoms with van der Waals surface area (Å²) in [5.74, 6) is 0.764. The lowest BCUT2D eigenvalue weighted by atomic mass is 9.64. The molecule has 1 aromatic carbocycles. The average molecular weight is 305 g/mol. The highest BCUT2D eigenvalue weighted by Gasteiger charge is 2.39. The molecule has 0 aromatic heterocycles. The molecule has 0 aliphatic heterocycles. The molecule has 0 atom stereocenters. The first-order valence-electron chi connectivity index (χ1n) is 5.36. The molecule has 0 radical (unpaired) electrons. The Morgan fingerprint density at radius 1 is 1.50 bits per heavy atom. The number of rotatable bonds is 3. The van der Waals surface area contributed by atoms with Crippen molar-refractivity contribution in [1.29, 1.82) is 0 Å². The van der Waals surface area contributed by atoms with E-state index in [1.807, 2.05) is 12.1 Å². The Labute approximate surface area is 109 Å². The van der Waals surface area contributed by atoms with Gasteiger partial charge in [0, 0.05) is 23.0 Å². The van der Waals surface area contributed by atoms with Crippen LogP contribution >= 0.6 is 27.5 Å². The Hall–Kier alpha value is -0.250.